The summed E-state index contributed by atoms with van der Waals surface area (Å²) in [5.74, 6) is 1.40. The van der Waals surface area contributed by atoms with E-state index >= 15 is 0 Å². The van der Waals surface area contributed by atoms with E-state index in [0.29, 0.717) is 5.92 Å². The van der Waals surface area contributed by atoms with Crippen molar-refractivity contribution in [1.29, 1.82) is 0 Å². The van der Waals surface area contributed by atoms with Gasteiger partial charge in [0, 0.05) is 31.1 Å². The third-order valence-corrected chi connectivity index (χ3v) is 5.05. The molecule has 3 nitrogen and oxygen atoms in total. The molecule has 1 N–H and O–H groups in total. The zero-order valence-electron chi connectivity index (χ0n) is 12.4. The zero-order valence-corrected chi connectivity index (χ0v) is 12.4. The molecule has 19 heavy (non-hydrogen) atoms. The minimum atomic E-state index is 0.636. The van der Waals surface area contributed by atoms with Crippen molar-refractivity contribution in [2.45, 2.75) is 63.7 Å². The van der Waals surface area contributed by atoms with Gasteiger partial charge in [-0.2, -0.15) is 5.10 Å². The third kappa shape index (κ3) is 2.58. The molecule has 1 atom stereocenters. The molecule has 0 aromatic carbocycles. The molecular formula is C16H27N3. The van der Waals surface area contributed by atoms with E-state index in [-0.39, 0.29) is 0 Å². The molecule has 2 fully saturated rings. The molecular weight excluding hydrogens is 234 g/mol. The molecule has 0 spiro atoms. The van der Waals surface area contributed by atoms with Crippen LogP contribution in [-0.2, 0) is 7.05 Å². The fourth-order valence-corrected chi connectivity index (χ4v) is 4.08. The maximum Gasteiger partial charge on any atom is 0.0700 e. The fourth-order valence-electron chi connectivity index (χ4n) is 4.08. The lowest BCUT2D eigenvalue weighted by atomic mass is 9.84. The van der Waals surface area contributed by atoms with Crippen LogP contribution in [0.15, 0.2) is 0 Å². The van der Waals surface area contributed by atoms with Gasteiger partial charge in [-0.25, -0.2) is 0 Å². The second-order valence-corrected chi connectivity index (χ2v) is 6.40. The molecule has 1 saturated heterocycles. The van der Waals surface area contributed by atoms with Crippen molar-refractivity contribution in [3.05, 3.63) is 17.0 Å². The fraction of sp³-hybridized carbons (Fsp3) is 0.812. The van der Waals surface area contributed by atoms with E-state index in [1.807, 2.05) is 0 Å². The van der Waals surface area contributed by atoms with Crippen LogP contribution in [0.1, 0.15) is 73.7 Å². The highest BCUT2D eigenvalue weighted by Gasteiger charge is 2.27. The van der Waals surface area contributed by atoms with E-state index in [1.165, 1.54) is 68.4 Å². The van der Waals surface area contributed by atoms with Crippen molar-refractivity contribution >= 4 is 0 Å². The normalized spacial score (nSPS) is 25.7. The van der Waals surface area contributed by atoms with Gasteiger partial charge in [0.1, 0.15) is 0 Å². The Bertz CT molecular complexity index is 423. The Morgan fingerprint density at radius 3 is 2.47 bits per heavy atom. The molecule has 3 heteroatoms. The number of nitrogens with zero attached hydrogens (tertiary/aromatic N) is 2. The van der Waals surface area contributed by atoms with Gasteiger partial charge < -0.3 is 5.32 Å². The Morgan fingerprint density at radius 2 is 1.79 bits per heavy atom. The monoisotopic (exact) mass is 261 g/mol. The molecule has 3 rings (SSSR count). The van der Waals surface area contributed by atoms with Crippen LogP contribution in [-0.4, -0.2) is 22.9 Å². The summed E-state index contributed by atoms with van der Waals surface area (Å²) < 4.78 is 2.19. The number of nitrogens with one attached hydrogen (secondary N) is 1. The molecule has 1 saturated carbocycles. The van der Waals surface area contributed by atoms with E-state index in [1.54, 1.807) is 0 Å². The van der Waals surface area contributed by atoms with Gasteiger partial charge in [-0.15, -0.1) is 0 Å². The smallest absolute Gasteiger partial charge is 0.0700 e. The molecule has 0 radical (unpaired) electrons. The highest BCUT2D eigenvalue weighted by Crippen LogP contribution is 2.37. The number of hydrogen-bond donors (Lipinski definition) is 1. The SMILES string of the molecule is Cc1c(C2CCCNC2)nn(C)c1C1CCCCC1. The molecule has 106 valence electrons. The summed E-state index contributed by atoms with van der Waals surface area (Å²) in [5.41, 5.74) is 4.39. The van der Waals surface area contributed by atoms with Gasteiger partial charge in [0.05, 0.1) is 5.69 Å². The first kappa shape index (κ1) is 13.2. The van der Waals surface area contributed by atoms with Crippen molar-refractivity contribution in [1.82, 2.24) is 15.1 Å². The summed E-state index contributed by atoms with van der Waals surface area (Å²) >= 11 is 0. The molecule has 1 aromatic heterocycles. The Balaban J connectivity index is 1.86. The largest absolute Gasteiger partial charge is 0.316 e. The standard InChI is InChI=1S/C16H27N3/c1-12-15(14-9-6-10-17-11-14)18-19(2)16(12)13-7-4-3-5-8-13/h13-14,17H,3-11H2,1-2H3. The van der Waals surface area contributed by atoms with Crippen LogP contribution in [0.4, 0.5) is 0 Å². The van der Waals surface area contributed by atoms with Crippen molar-refractivity contribution in [2.75, 3.05) is 13.1 Å². The Kier molecular flexibility index (Phi) is 3.92. The maximum absolute atomic E-state index is 4.89. The van der Waals surface area contributed by atoms with E-state index in [2.05, 4.69) is 24.0 Å². The Hall–Kier alpha value is -0.830. The topological polar surface area (TPSA) is 29.9 Å². The maximum atomic E-state index is 4.89. The second-order valence-electron chi connectivity index (χ2n) is 6.40. The lowest BCUT2D eigenvalue weighted by Gasteiger charge is -2.23. The first-order valence-electron chi connectivity index (χ1n) is 8.01. The summed E-state index contributed by atoms with van der Waals surface area (Å²) in [6.07, 6.45) is 9.54. The van der Waals surface area contributed by atoms with E-state index < -0.39 is 0 Å². The average molecular weight is 261 g/mol. The van der Waals surface area contributed by atoms with Crippen LogP contribution in [0, 0.1) is 6.92 Å². The van der Waals surface area contributed by atoms with Gasteiger partial charge >= 0.3 is 0 Å². The van der Waals surface area contributed by atoms with Crippen molar-refractivity contribution in [3.8, 4) is 0 Å². The number of aryl methyl sites for hydroxylation is 1. The van der Waals surface area contributed by atoms with Gasteiger partial charge in [-0.1, -0.05) is 19.3 Å². The Morgan fingerprint density at radius 1 is 1.05 bits per heavy atom. The molecule has 2 heterocycles. The minimum absolute atomic E-state index is 0.636. The Labute approximate surface area is 116 Å². The first-order valence-corrected chi connectivity index (χ1v) is 8.01. The van der Waals surface area contributed by atoms with E-state index in [4.69, 9.17) is 5.10 Å². The molecule has 0 bridgehead atoms. The minimum Gasteiger partial charge on any atom is -0.316 e. The van der Waals surface area contributed by atoms with Crippen molar-refractivity contribution < 1.29 is 0 Å². The zero-order chi connectivity index (χ0) is 13.2. The van der Waals surface area contributed by atoms with E-state index in [9.17, 15) is 0 Å². The van der Waals surface area contributed by atoms with Gasteiger partial charge in [0.2, 0.25) is 0 Å². The molecule has 0 amide bonds. The highest BCUT2D eigenvalue weighted by molar-refractivity contribution is 5.31. The van der Waals surface area contributed by atoms with Crippen LogP contribution in [0.2, 0.25) is 0 Å². The quantitative estimate of drug-likeness (QED) is 0.885. The summed E-state index contributed by atoms with van der Waals surface area (Å²) in [7, 11) is 2.15. The number of rotatable bonds is 2. The van der Waals surface area contributed by atoms with Gasteiger partial charge in [0.25, 0.3) is 0 Å². The first-order chi connectivity index (χ1) is 9.27. The predicted octanol–water partition coefficient (Wildman–Crippen LogP) is 3.24. The van der Waals surface area contributed by atoms with Crippen LogP contribution < -0.4 is 5.32 Å². The summed E-state index contributed by atoms with van der Waals surface area (Å²) in [6, 6.07) is 0. The van der Waals surface area contributed by atoms with Gasteiger partial charge in [-0.3, -0.25) is 4.68 Å². The molecule has 1 aliphatic carbocycles. The molecule has 1 aliphatic heterocycles. The predicted molar refractivity (Wildman–Crippen MR) is 78.6 cm³/mol. The summed E-state index contributed by atoms with van der Waals surface area (Å²) in [5, 5.41) is 8.41. The van der Waals surface area contributed by atoms with Gasteiger partial charge in [0.15, 0.2) is 0 Å². The van der Waals surface area contributed by atoms with Gasteiger partial charge in [-0.05, 0) is 44.7 Å². The summed E-state index contributed by atoms with van der Waals surface area (Å²) in [4.78, 5) is 0. The van der Waals surface area contributed by atoms with Crippen LogP contribution in [0.25, 0.3) is 0 Å². The number of aromatic nitrogens is 2. The lowest BCUT2D eigenvalue weighted by Crippen LogP contribution is -2.29. The van der Waals surface area contributed by atoms with Crippen LogP contribution in [0.3, 0.4) is 0 Å². The van der Waals surface area contributed by atoms with Crippen LogP contribution in [0.5, 0.6) is 0 Å². The highest BCUT2D eigenvalue weighted by atomic mass is 15.3. The number of piperidine rings is 1. The molecule has 2 aliphatic rings. The third-order valence-electron chi connectivity index (χ3n) is 5.05. The second kappa shape index (κ2) is 5.66. The lowest BCUT2D eigenvalue weighted by molar-refractivity contribution is 0.422. The van der Waals surface area contributed by atoms with Crippen LogP contribution >= 0.6 is 0 Å². The molecule has 1 aromatic rings. The summed E-state index contributed by atoms with van der Waals surface area (Å²) in [6.45, 7) is 4.60. The van der Waals surface area contributed by atoms with E-state index in [0.717, 1.165) is 12.5 Å². The molecule has 1 unspecified atom stereocenters. The van der Waals surface area contributed by atoms with Crippen molar-refractivity contribution in [2.24, 2.45) is 7.05 Å². The average Bonchev–Trinajstić information content (AvgIpc) is 2.76. The number of hydrogen-bond acceptors (Lipinski definition) is 2. The van der Waals surface area contributed by atoms with Crippen molar-refractivity contribution in [3.63, 3.8) is 0 Å².